The summed E-state index contributed by atoms with van der Waals surface area (Å²) < 4.78 is 0. The van der Waals surface area contributed by atoms with Crippen molar-refractivity contribution in [3.63, 3.8) is 0 Å². The van der Waals surface area contributed by atoms with E-state index in [1.807, 2.05) is 0 Å². The van der Waals surface area contributed by atoms with Crippen molar-refractivity contribution < 1.29 is 5.11 Å². The van der Waals surface area contributed by atoms with Crippen LogP contribution in [0.3, 0.4) is 0 Å². The largest absolute Gasteiger partial charge is 0.394 e. The Balaban J connectivity index is 2.67. The average Bonchev–Trinajstić information content (AvgIpc) is 2.62. The molecule has 0 fully saturated rings. The molecule has 0 aliphatic carbocycles. The molecule has 0 saturated carbocycles. The van der Waals surface area contributed by atoms with Gasteiger partial charge in [0.05, 0.1) is 12.6 Å². The van der Waals surface area contributed by atoms with Crippen molar-refractivity contribution in [1.82, 2.24) is 5.32 Å². The predicted octanol–water partition coefficient (Wildman–Crippen LogP) is 1.95. The number of aryl methyl sites for hydroxylation is 1. The zero-order valence-electron chi connectivity index (χ0n) is 8.21. The van der Waals surface area contributed by atoms with Crippen molar-refractivity contribution in [3.8, 4) is 0 Å². The van der Waals surface area contributed by atoms with Crippen LogP contribution in [-0.2, 0) is 6.42 Å². The molecule has 3 heteroatoms. The first-order valence-corrected chi connectivity index (χ1v) is 5.56. The van der Waals surface area contributed by atoms with E-state index in [0.29, 0.717) is 0 Å². The van der Waals surface area contributed by atoms with Crippen LogP contribution in [0.2, 0.25) is 0 Å². The van der Waals surface area contributed by atoms with Crippen LogP contribution >= 0.6 is 11.3 Å². The van der Waals surface area contributed by atoms with Crippen LogP contribution < -0.4 is 5.32 Å². The maximum absolute atomic E-state index is 9.14. The van der Waals surface area contributed by atoms with Crippen molar-refractivity contribution in [2.75, 3.05) is 13.2 Å². The lowest BCUT2D eigenvalue weighted by Crippen LogP contribution is -2.22. The zero-order chi connectivity index (χ0) is 9.68. The Morgan fingerprint density at radius 1 is 1.46 bits per heavy atom. The smallest absolute Gasteiger partial charge is 0.0649 e. The minimum absolute atomic E-state index is 0.121. The van der Waals surface area contributed by atoms with E-state index in [9.17, 15) is 0 Å². The number of nitrogens with one attached hydrogen (secondary N) is 1. The molecule has 0 spiro atoms. The Labute approximate surface area is 83.6 Å². The molecule has 0 aliphatic rings. The minimum Gasteiger partial charge on any atom is -0.394 e. The normalized spacial score (nSPS) is 13.2. The van der Waals surface area contributed by atoms with Crippen molar-refractivity contribution in [2.24, 2.45) is 0 Å². The highest BCUT2D eigenvalue weighted by Crippen LogP contribution is 2.23. The van der Waals surface area contributed by atoms with Gasteiger partial charge in [0.2, 0.25) is 0 Å². The first-order chi connectivity index (χ1) is 6.31. The van der Waals surface area contributed by atoms with Crippen LogP contribution in [0.25, 0.3) is 0 Å². The fourth-order valence-electron chi connectivity index (χ4n) is 1.27. The second kappa shape index (κ2) is 5.37. The van der Waals surface area contributed by atoms with Crippen LogP contribution in [0, 0.1) is 0 Å². The monoisotopic (exact) mass is 199 g/mol. The Morgan fingerprint density at radius 3 is 2.69 bits per heavy atom. The number of rotatable bonds is 5. The second-order valence-corrected chi connectivity index (χ2v) is 4.15. The lowest BCUT2D eigenvalue weighted by Gasteiger charge is -2.12. The van der Waals surface area contributed by atoms with Crippen molar-refractivity contribution in [2.45, 2.75) is 26.3 Å². The average molecular weight is 199 g/mol. The molecule has 0 amide bonds. The van der Waals surface area contributed by atoms with Gasteiger partial charge < -0.3 is 10.4 Å². The molecule has 0 aromatic carbocycles. The maximum Gasteiger partial charge on any atom is 0.0649 e. The van der Waals surface area contributed by atoms with E-state index in [4.69, 9.17) is 5.11 Å². The molecule has 0 aliphatic heterocycles. The highest BCUT2D eigenvalue weighted by Gasteiger charge is 2.10. The third-order valence-electron chi connectivity index (χ3n) is 2.01. The number of aliphatic hydroxyl groups is 1. The van der Waals surface area contributed by atoms with E-state index >= 15 is 0 Å². The topological polar surface area (TPSA) is 32.3 Å². The van der Waals surface area contributed by atoms with E-state index in [2.05, 4.69) is 31.3 Å². The Morgan fingerprint density at radius 2 is 2.23 bits per heavy atom. The van der Waals surface area contributed by atoms with Gasteiger partial charge in [-0.05, 0) is 25.1 Å². The molecular weight excluding hydrogens is 182 g/mol. The summed E-state index contributed by atoms with van der Waals surface area (Å²) in [5.41, 5.74) is 0. The SMILES string of the molecule is CCNC(CO)c1ccc(CC)s1. The van der Waals surface area contributed by atoms with Crippen LogP contribution in [0.4, 0.5) is 0 Å². The number of aliphatic hydroxyl groups excluding tert-OH is 1. The highest BCUT2D eigenvalue weighted by atomic mass is 32.1. The molecule has 2 N–H and O–H groups in total. The van der Waals surface area contributed by atoms with E-state index in [1.165, 1.54) is 9.75 Å². The number of likely N-dealkylation sites (N-methyl/N-ethyl adjacent to an activating group) is 1. The van der Waals surface area contributed by atoms with Crippen LogP contribution in [0.5, 0.6) is 0 Å². The molecule has 2 nitrogen and oxygen atoms in total. The minimum atomic E-state index is 0.121. The third kappa shape index (κ3) is 2.79. The Hall–Kier alpha value is -0.380. The molecule has 1 unspecified atom stereocenters. The van der Waals surface area contributed by atoms with E-state index < -0.39 is 0 Å². The molecule has 1 rings (SSSR count). The lowest BCUT2D eigenvalue weighted by molar-refractivity contribution is 0.248. The number of thiophene rings is 1. The van der Waals surface area contributed by atoms with Gasteiger partial charge in [-0.2, -0.15) is 0 Å². The van der Waals surface area contributed by atoms with E-state index in [-0.39, 0.29) is 12.6 Å². The van der Waals surface area contributed by atoms with Gasteiger partial charge in [0, 0.05) is 9.75 Å². The summed E-state index contributed by atoms with van der Waals surface area (Å²) in [6.07, 6.45) is 1.08. The van der Waals surface area contributed by atoms with Crippen LogP contribution in [0.1, 0.15) is 29.6 Å². The number of hydrogen-bond acceptors (Lipinski definition) is 3. The highest BCUT2D eigenvalue weighted by molar-refractivity contribution is 7.12. The summed E-state index contributed by atoms with van der Waals surface area (Å²) in [5.74, 6) is 0. The molecule has 1 atom stereocenters. The summed E-state index contributed by atoms with van der Waals surface area (Å²) in [5, 5.41) is 12.4. The maximum atomic E-state index is 9.14. The van der Waals surface area contributed by atoms with Gasteiger partial charge in [-0.3, -0.25) is 0 Å². The Kier molecular flexibility index (Phi) is 4.42. The molecule has 13 heavy (non-hydrogen) atoms. The molecular formula is C10H17NOS. The molecule has 1 aromatic rings. The van der Waals surface area contributed by atoms with Crippen LogP contribution in [0.15, 0.2) is 12.1 Å². The van der Waals surface area contributed by atoms with Crippen LogP contribution in [-0.4, -0.2) is 18.3 Å². The fourth-order valence-corrected chi connectivity index (χ4v) is 2.29. The van der Waals surface area contributed by atoms with Crippen molar-refractivity contribution in [1.29, 1.82) is 0 Å². The number of hydrogen-bond donors (Lipinski definition) is 2. The molecule has 1 heterocycles. The lowest BCUT2D eigenvalue weighted by atomic mass is 10.2. The van der Waals surface area contributed by atoms with Crippen molar-refractivity contribution in [3.05, 3.63) is 21.9 Å². The summed E-state index contributed by atoms with van der Waals surface area (Å²) in [6, 6.07) is 4.36. The van der Waals surface area contributed by atoms with Gasteiger partial charge in [-0.25, -0.2) is 0 Å². The zero-order valence-corrected chi connectivity index (χ0v) is 9.03. The Bertz CT molecular complexity index is 247. The van der Waals surface area contributed by atoms with Gasteiger partial charge in [-0.1, -0.05) is 13.8 Å². The quantitative estimate of drug-likeness (QED) is 0.759. The first kappa shape index (κ1) is 10.7. The van der Waals surface area contributed by atoms with E-state index in [1.54, 1.807) is 11.3 Å². The molecule has 1 aromatic heterocycles. The third-order valence-corrected chi connectivity index (χ3v) is 3.35. The molecule has 0 bridgehead atoms. The standard InChI is InChI=1S/C10H17NOS/c1-3-8-5-6-10(13-8)9(7-12)11-4-2/h5-6,9,11-12H,3-4,7H2,1-2H3. The first-order valence-electron chi connectivity index (χ1n) is 4.74. The fraction of sp³-hybridized carbons (Fsp3) is 0.600. The predicted molar refractivity (Wildman–Crippen MR) is 57.2 cm³/mol. The van der Waals surface area contributed by atoms with E-state index in [0.717, 1.165) is 13.0 Å². The summed E-state index contributed by atoms with van der Waals surface area (Å²) in [7, 11) is 0. The van der Waals surface area contributed by atoms with Gasteiger partial charge in [0.15, 0.2) is 0 Å². The van der Waals surface area contributed by atoms with Crippen molar-refractivity contribution >= 4 is 11.3 Å². The molecule has 0 saturated heterocycles. The second-order valence-electron chi connectivity index (χ2n) is 2.95. The summed E-state index contributed by atoms with van der Waals surface area (Å²) in [6.45, 7) is 5.27. The van der Waals surface area contributed by atoms with Gasteiger partial charge in [-0.15, -0.1) is 11.3 Å². The van der Waals surface area contributed by atoms with Gasteiger partial charge in [0.1, 0.15) is 0 Å². The molecule has 0 radical (unpaired) electrons. The molecule has 74 valence electrons. The summed E-state index contributed by atoms with van der Waals surface area (Å²) in [4.78, 5) is 2.62. The van der Waals surface area contributed by atoms with Gasteiger partial charge >= 0.3 is 0 Å². The van der Waals surface area contributed by atoms with Gasteiger partial charge in [0.25, 0.3) is 0 Å². The summed E-state index contributed by atoms with van der Waals surface area (Å²) >= 11 is 1.78.